The number of amides is 1. The second-order valence-electron chi connectivity index (χ2n) is 7.71. The van der Waals surface area contributed by atoms with Gasteiger partial charge in [-0.3, -0.25) is 14.5 Å². The number of alkyl halides is 1. The molecule has 4 unspecified atom stereocenters. The molecule has 150 valence electrons. The molecule has 1 aliphatic carbocycles. The van der Waals surface area contributed by atoms with Crippen LogP contribution in [0.1, 0.15) is 36.6 Å². The van der Waals surface area contributed by atoms with Gasteiger partial charge in [0.05, 0.1) is 17.5 Å². The lowest BCUT2D eigenvalue weighted by atomic mass is 9.77. The van der Waals surface area contributed by atoms with Gasteiger partial charge in [0.25, 0.3) is 5.91 Å². The van der Waals surface area contributed by atoms with Crippen LogP contribution in [0.25, 0.3) is 0 Å². The van der Waals surface area contributed by atoms with E-state index in [-0.39, 0.29) is 34.3 Å². The fraction of sp³-hybridized carbons (Fsp3) is 0.381. The first-order valence-corrected chi connectivity index (χ1v) is 10.8. The number of aromatic nitrogens is 1. The Hall–Kier alpha value is -2.12. The highest BCUT2D eigenvalue weighted by atomic mass is 79.9. The third-order valence-electron chi connectivity index (χ3n) is 5.83. The second-order valence-corrected chi connectivity index (χ2v) is 9.44. The highest BCUT2D eigenvalue weighted by Gasteiger charge is 2.53. The molecule has 1 amide bonds. The number of nitrogens with zero attached hydrogens (tertiary/aromatic N) is 2. The number of ketones is 1. The first-order chi connectivity index (χ1) is 13.9. The number of ether oxygens (including phenoxy) is 1. The van der Waals surface area contributed by atoms with Crippen LogP contribution in [0.15, 0.2) is 46.2 Å². The van der Waals surface area contributed by atoms with Crippen molar-refractivity contribution >= 4 is 45.0 Å². The van der Waals surface area contributed by atoms with Gasteiger partial charge < -0.3 is 9.26 Å². The molecule has 3 aliphatic rings. The summed E-state index contributed by atoms with van der Waals surface area (Å²) in [6.45, 7) is 1.76. The topological polar surface area (TPSA) is 72.6 Å². The van der Waals surface area contributed by atoms with Gasteiger partial charge in [-0.05, 0) is 43.9 Å². The Kier molecular flexibility index (Phi) is 4.55. The smallest absolute Gasteiger partial charge is 0.295 e. The van der Waals surface area contributed by atoms with Gasteiger partial charge >= 0.3 is 0 Å². The zero-order chi connectivity index (χ0) is 20.3. The minimum atomic E-state index is -0.622. The van der Waals surface area contributed by atoms with Crippen LogP contribution in [-0.2, 0) is 14.3 Å². The first-order valence-electron chi connectivity index (χ1n) is 9.55. The van der Waals surface area contributed by atoms with Crippen LogP contribution in [0.5, 0.6) is 0 Å². The van der Waals surface area contributed by atoms with Crippen molar-refractivity contribution in [2.24, 2.45) is 5.92 Å². The van der Waals surface area contributed by atoms with E-state index in [1.165, 1.54) is 4.90 Å². The SMILES string of the molecule is Cc1cc(N2C(=O)C3=C(C(=O)C4CC(Br)CCC4O3)C2c2ccc(Cl)cc2)no1. The fourth-order valence-electron chi connectivity index (χ4n) is 4.48. The summed E-state index contributed by atoms with van der Waals surface area (Å²) in [7, 11) is 0. The molecule has 1 fully saturated rings. The third kappa shape index (κ3) is 3.02. The predicted octanol–water partition coefficient (Wildman–Crippen LogP) is 4.51. The summed E-state index contributed by atoms with van der Waals surface area (Å²) < 4.78 is 11.3. The monoisotopic (exact) mass is 476 g/mol. The molecule has 2 aromatic rings. The molecule has 29 heavy (non-hydrogen) atoms. The molecule has 8 heteroatoms. The summed E-state index contributed by atoms with van der Waals surface area (Å²) in [5, 5.41) is 4.61. The molecule has 0 spiro atoms. The van der Waals surface area contributed by atoms with Crippen molar-refractivity contribution in [2.45, 2.75) is 43.2 Å². The highest BCUT2D eigenvalue weighted by Crippen LogP contribution is 2.48. The van der Waals surface area contributed by atoms with Crippen molar-refractivity contribution in [3.05, 3.63) is 58.0 Å². The van der Waals surface area contributed by atoms with E-state index in [1.54, 1.807) is 25.1 Å². The maximum atomic E-state index is 13.6. The summed E-state index contributed by atoms with van der Waals surface area (Å²) >= 11 is 9.70. The maximum Gasteiger partial charge on any atom is 0.295 e. The predicted molar refractivity (Wildman–Crippen MR) is 110 cm³/mol. The van der Waals surface area contributed by atoms with E-state index in [0.29, 0.717) is 28.6 Å². The number of rotatable bonds is 2. The lowest BCUT2D eigenvalue weighted by Crippen LogP contribution is -2.41. The molecule has 5 rings (SSSR count). The van der Waals surface area contributed by atoms with E-state index in [9.17, 15) is 9.59 Å². The van der Waals surface area contributed by atoms with E-state index >= 15 is 0 Å². The number of carbonyl (C=O) groups is 2. The van der Waals surface area contributed by atoms with Crippen LogP contribution in [0.3, 0.4) is 0 Å². The second kappa shape index (κ2) is 6.99. The number of carbonyl (C=O) groups excluding carboxylic acids is 2. The van der Waals surface area contributed by atoms with Crippen LogP contribution in [-0.4, -0.2) is 27.8 Å². The Morgan fingerprint density at radius 1 is 1.21 bits per heavy atom. The van der Waals surface area contributed by atoms with E-state index in [4.69, 9.17) is 20.9 Å². The summed E-state index contributed by atoms with van der Waals surface area (Å²) in [6.07, 6.45) is 2.09. The van der Waals surface area contributed by atoms with Gasteiger partial charge in [0.15, 0.2) is 17.4 Å². The van der Waals surface area contributed by atoms with Crippen LogP contribution < -0.4 is 4.90 Å². The fourth-order valence-corrected chi connectivity index (χ4v) is 5.27. The quantitative estimate of drug-likeness (QED) is 0.595. The Morgan fingerprint density at radius 2 is 1.97 bits per heavy atom. The summed E-state index contributed by atoms with van der Waals surface area (Å²) in [4.78, 5) is 28.7. The van der Waals surface area contributed by atoms with Crippen molar-refractivity contribution in [3.8, 4) is 0 Å². The molecule has 0 saturated heterocycles. The first kappa shape index (κ1) is 18.9. The van der Waals surface area contributed by atoms with Gasteiger partial charge in [0.2, 0.25) is 0 Å². The Morgan fingerprint density at radius 3 is 2.66 bits per heavy atom. The van der Waals surface area contributed by atoms with Crippen LogP contribution in [0.4, 0.5) is 5.82 Å². The highest BCUT2D eigenvalue weighted by molar-refractivity contribution is 9.09. The molecular weight excluding hydrogens is 460 g/mol. The molecule has 6 nitrogen and oxygen atoms in total. The molecule has 2 aliphatic heterocycles. The lowest BCUT2D eigenvalue weighted by molar-refractivity contribution is -0.131. The van der Waals surface area contributed by atoms with Gasteiger partial charge in [-0.25, -0.2) is 0 Å². The standard InChI is InChI=1S/C21H18BrClN2O4/c1-10-8-16(24-29-10)25-18(11-2-5-13(23)6-3-11)17-19(26)14-9-12(22)4-7-15(14)28-20(17)21(25)27/h2-3,5-6,8,12,14-15,18H,4,7,9H2,1H3. The molecule has 4 atom stereocenters. The van der Waals surface area contributed by atoms with Crippen molar-refractivity contribution in [1.82, 2.24) is 5.16 Å². The summed E-state index contributed by atoms with van der Waals surface area (Å²) in [5.41, 5.74) is 1.18. The zero-order valence-corrected chi connectivity index (χ0v) is 17.9. The minimum Gasteiger partial charge on any atom is -0.483 e. The molecule has 1 aromatic carbocycles. The molecule has 3 heterocycles. The van der Waals surface area contributed by atoms with E-state index in [0.717, 1.165) is 18.4 Å². The Labute approximate surface area is 180 Å². The van der Waals surface area contributed by atoms with Gasteiger partial charge in [-0.2, -0.15) is 0 Å². The molecule has 0 radical (unpaired) electrons. The van der Waals surface area contributed by atoms with E-state index in [1.807, 2.05) is 12.1 Å². The van der Waals surface area contributed by atoms with Crippen molar-refractivity contribution in [3.63, 3.8) is 0 Å². The maximum absolute atomic E-state index is 13.6. The minimum absolute atomic E-state index is 0.0172. The number of hydrogen-bond donors (Lipinski definition) is 0. The summed E-state index contributed by atoms with van der Waals surface area (Å²) in [6, 6.07) is 8.21. The third-order valence-corrected chi connectivity index (χ3v) is 6.92. The number of aryl methyl sites for hydroxylation is 1. The number of hydrogen-bond acceptors (Lipinski definition) is 5. The van der Waals surface area contributed by atoms with Crippen molar-refractivity contribution < 1.29 is 18.8 Å². The van der Waals surface area contributed by atoms with Crippen LogP contribution in [0, 0.1) is 12.8 Å². The molecule has 0 bridgehead atoms. The van der Waals surface area contributed by atoms with Gasteiger partial charge in [-0.1, -0.05) is 44.8 Å². The Bertz CT molecular complexity index is 1030. The normalized spacial score (nSPS) is 29.0. The molecule has 1 saturated carbocycles. The zero-order valence-electron chi connectivity index (χ0n) is 15.6. The van der Waals surface area contributed by atoms with Gasteiger partial charge in [0.1, 0.15) is 11.9 Å². The van der Waals surface area contributed by atoms with Crippen LogP contribution >= 0.6 is 27.5 Å². The van der Waals surface area contributed by atoms with E-state index < -0.39 is 6.04 Å². The number of halogens is 2. The largest absolute Gasteiger partial charge is 0.483 e. The number of fused-ring (bicyclic) bond motifs is 1. The summed E-state index contributed by atoms with van der Waals surface area (Å²) in [5.74, 6) is 0.450. The number of Topliss-reactive ketones (excluding diaryl/α,β-unsaturated/α-hetero) is 1. The molecule has 0 N–H and O–H groups in total. The molecule has 1 aromatic heterocycles. The van der Waals surface area contributed by atoms with Crippen LogP contribution in [0.2, 0.25) is 5.02 Å². The van der Waals surface area contributed by atoms with Gasteiger partial charge in [-0.15, -0.1) is 0 Å². The van der Waals surface area contributed by atoms with Crippen molar-refractivity contribution in [1.29, 1.82) is 0 Å². The lowest BCUT2D eigenvalue weighted by Gasteiger charge is -2.37. The number of benzene rings is 1. The molecular formula is C21H18BrClN2O4. The van der Waals surface area contributed by atoms with Crippen molar-refractivity contribution in [2.75, 3.05) is 4.90 Å². The number of anilines is 1. The average molecular weight is 478 g/mol. The average Bonchev–Trinajstić information content (AvgIpc) is 3.25. The van der Waals surface area contributed by atoms with E-state index in [2.05, 4.69) is 21.1 Å². The Balaban J connectivity index is 1.64. The van der Waals surface area contributed by atoms with Gasteiger partial charge in [0, 0.05) is 15.9 Å².